The summed E-state index contributed by atoms with van der Waals surface area (Å²) in [6.45, 7) is 2.03. The number of H-pyrrole nitrogens is 1. The molecule has 2 aromatic carbocycles. The number of nitro groups is 1. The second kappa shape index (κ2) is 6.54. The van der Waals surface area contributed by atoms with Gasteiger partial charge < -0.3 is 10.3 Å². The molecule has 6 heteroatoms. The van der Waals surface area contributed by atoms with Gasteiger partial charge in [-0.15, -0.1) is 0 Å². The third-order valence-corrected chi connectivity index (χ3v) is 4.02. The van der Waals surface area contributed by atoms with Crippen molar-refractivity contribution in [1.82, 2.24) is 10.3 Å². The Labute approximate surface area is 138 Å². The quantitative estimate of drug-likeness (QED) is 0.557. The topological polar surface area (TPSA) is 88.0 Å². The van der Waals surface area contributed by atoms with Gasteiger partial charge in [-0.2, -0.15) is 0 Å². The van der Waals surface area contributed by atoms with Crippen molar-refractivity contribution in [1.29, 1.82) is 0 Å². The Balaban J connectivity index is 1.70. The highest BCUT2D eigenvalue weighted by Gasteiger charge is 2.21. The van der Waals surface area contributed by atoms with Crippen LogP contribution in [0.3, 0.4) is 0 Å². The molecule has 1 aromatic heterocycles. The molecule has 0 aliphatic heterocycles. The van der Waals surface area contributed by atoms with Crippen LogP contribution in [0, 0.1) is 17.0 Å². The molecule has 3 aromatic rings. The summed E-state index contributed by atoms with van der Waals surface area (Å²) in [7, 11) is 0. The molecule has 122 valence electrons. The molecule has 2 N–H and O–H groups in total. The molecule has 24 heavy (non-hydrogen) atoms. The predicted molar refractivity (Wildman–Crippen MR) is 92.2 cm³/mol. The third kappa shape index (κ3) is 2.99. The first-order valence-electron chi connectivity index (χ1n) is 7.65. The lowest BCUT2D eigenvalue weighted by Crippen LogP contribution is -2.26. The number of amides is 1. The minimum atomic E-state index is -0.510. The molecule has 6 nitrogen and oxygen atoms in total. The zero-order chi connectivity index (χ0) is 17.1. The van der Waals surface area contributed by atoms with E-state index >= 15 is 0 Å². The van der Waals surface area contributed by atoms with Crippen molar-refractivity contribution in [3.05, 3.63) is 75.5 Å². The van der Waals surface area contributed by atoms with E-state index in [1.807, 2.05) is 30.5 Å². The van der Waals surface area contributed by atoms with Crippen LogP contribution in [0.5, 0.6) is 0 Å². The predicted octanol–water partition coefficient (Wildman–Crippen LogP) is 3.36. The number of fused-ring (bicyclic) bond motifs is 1. The number of carbonyl (C=O) groups is 1. The van der Waals surface area contributed by atoms with Crippen molar-refractivity contribution in [3.8, 4) is 0 Å². The minimum Gasteiger partial charge on any atom is -0.361 e. The minimum absolute atomic E-state index is 0.0962. The molecule has 0 aliphatic carbocycles. The summed E-state index contributed by atoms with van der Waals surface area (Å²) in [4.78, 5) is 26.1. The number of aromatic nitrogens is 1. The largest absolute Gasteiger partial charge is 0.361 e. The van der Waals surface area contributed by atoms with Gasteiger partial charge >= 0.3 is 0 Å². The van der Waals surface area contributed by atoms with E-state index in [0.717, 1.165) is 16.5 Å². The number of aryl methyl sites for hydroxylation is 1. The van der Waals surface area contributed by atoms with Gasteiger partial charge in [-0.1, -0.05) is 30.3 Å². The SMILES string of the molecule is Cc1cccc(C(=O)NCCc2c[nH]c3ccccc23)c1[N+](=O)[O-]. The lowest BCUT2D eigenvalue weighted by Gasteiger charge is -2.07. The van der Waals surface area contributed by atoms with E-state index in [1.54, 1.807) is 19.1 Å². The molecule has 0 saturated heterocycles. The third-order valence-electron chi connectivity index (χ3n) is 4.02. The van der Waals surface area contributed by atoms with Gasteiger partial charge in [-0.3, -0.25) is 14.9 Å². The zero-order valence-electron chi connectivity index (χ0n) is 13.2. The molecule has 3 rings (SSSR count). The number of para-hydroxylation sites is 2. The first-order valence-corrected chi connectivity index (χ1v) is 7.65. The molecule has 1 amide bonds. The van der Waals surface area contributed by atoms with Crippen LogP contribution in [0.25, 0.3) is 10.9 Å². The lowest BCUT2D eigenvalue weighted by atomic mass is 10.1. The van der Waals surface area contributed by atoms with Crippen molar-refractivity contribution in [2.45, 2.75) is 13.3 Å². The first-order chi connectivity index (χ1) is 11.6. The number of hydrogen-bond donors (Lipinski definition) is 2. The highest BCUT2D eigenvalue weighted by molar-refractivity contribution is 5.98. The highest BCUT2D eigenvalue weighted by atomic mass is 16.6. The number of aromatic amines is 1. The van der Waals surface area contributed by atoms with E-state index in [-0.39, 0.29) is 11.3 Å². The number of carbonyl (C=O) groups excluding carboxylic acids is 1. The van der Waals surface area contributed by atoms with Gasteiger partial charge in [-0.05, 0) is 31.0 Å². The summed E-state index contributed by atoms with van der Waals surface area (Å²) in [5.74, 6) is -0.426. The van der Waals surface area contributed by atoms with Gasteiger partial charge in [0, 0.05) is 29.2 Å². The van der Waals surface area contributed by atoms with E-state index in [4.69, 9.17) is 0 Å². The van der Waals surface area contributed by atoms with Gasteiger partial charge in [0.2, 0.25) is 0 Å². The monoisotopic (exact) mass is 323 g/mol. The molecule has 1 heterocycles. The molecule has 0 spiro atoms. The van der Waals surface area contributed by atoms with Crippen LogP contribution in [0.4, 0.5) is 5.69 Å². The van der Waals surface area contributed by atoms with Crippen LogP contribution in [0.15, 0.2) is 48.7 Å². The van der Waals surface area contributed by atoms with Crippen LogP contribution in [-0.2, 0) is 6.42 Å². The summed E-state index contributed by atoms with van der Waals surface area (Å²) >= 11 is 0. The summed E-state index contributed by atoms with van der Waals surface area (Å²) < 4.78 is 0. The Kier molecular flexibility index (Phi) is 4.29. The van der Waals surface area contributed by atoms with Crippen LogP contribution in [-0.4, -0.2) is 22.4 Å². The zero-order valence-corrected chi connectivity index (χ0v) is 13.2. The number of nitrogens with one attached hydrogen (secondary N) is 2. The number of nitro benzene ring substituents is 1. The Bertz CT molecular complexity index is 915. The molecule has 0 fully saturated rings. The standard InChI is InChI=1S/C18H17N3O3/c1-12-5-4-7-15(17(12)21(23)24)18(22)19-10-9-13-11-20-16-8-3-2-6-14(13)16/h2-8,11,20H,9-10H2,1H3,(H,19,22). The number of benzene rings is 2. The average Bonchev–Trinajstić information content (AvgIpc) is 2.97. The van der Waals surface area contributed by atoms with E-state index in [1.165, 1.54) is 6.07 Å². The molecule has 0 aliphatic rings. The molecule has 0 radical (unpaired) electrons. The smallest absolute Gasteiger partial charge is 0.285 e. The maximum atomic E-state index is 12.3. The summed E-state index contributed by atoms with van der Waals surface area (Å²) in [6.07, 6.45) is 2.57. The fourth-order valence-corrected chi connectivity index (χ4v) is 2.83. The maximum absolute atomic E-state index is 12.3. The number of rotatable bonds is 5. The Hall–Kier alpha value is -3.15. The van der Waals surface area contributed by atoms with Gasteiger partial charge in [0.1, 0.15) is 5.56 Å². The van der Waals surface area contributed by atoms with Crippen LogP contribution in [0.1, 0.15) is 21.5 Å². The first kappa shape index (κ1) is 15.7. The highest BCUT2D eigenvalue weighted by Crippen LogP contribution is 2.23. The van der Waals surface area contributed by atoms with Gasteiger partial charge in [0.05, 0.1) is 4.92 Å². The van der Waals surface area contributed by atoms with Gasteiger partial charge in [0.25, 0.3) is 11.6 Å². The van der Waals surface area contributed by atoms with E-state index in [2.05, 4.69) is 10.3 Å². The fourth-order valence-electron chi connectivity index (χ4n) is 2.83. The maximum Gasteiger partial charge on any atom is 0.285 e. The van der Waals surface area contributed by atoms with Gasteiger partial charge in [0.15, 0.2) is 0 Å². The molecule has 0 bridgehead atoms. The normalized spacial score (nSPS) is 10.7. The second-order valence-electron chi connectivity index (χ2n) is 5.59. The summed E-state index contributed by atoms with van der Waals surface area (Å²) in [5, 5.41) is 15.1. The Morgan fingerprint density at radius 2 is 2.00 bits per heavy atom. The molecule has 0 unspecified atom stereocenters. The van der Waals surface area contributed by atoms with E-state index in [9.17, 15) is 14.9 Å². The number of hydrogen-bond acceptors (Lipinski definition) is 3. The van der Waals surface area contributed by atoms with Crippen molar-refractivity contribution in [2.24, 2.45) is 0 Å². The lowest BCUT2D eigenvalue weighted by molar-refractivity contribution is -0.385. The van der Waals surface area contributed by atoms with Crippen LogP contribution >= 0.6 is 0 Å². The van der Waals surface area contributed by atoms with E-state index < -0.39 is 10.8 Å². The van der Waals surface area contributed by atoms with Crippen LogP contribution < -0.4 is 5.32 Å². The molecular formula is C18H17N3O3. The molecular weight excluding hydrogens is 306 g/mol. The number of nitrogens with zero attached hydrogens (tertiary/aromatic N) is 1. The van der Waals surface area contributed by atoms with Crippen molar-refractivity contribution in [2.75, 3.05) is 6.54 Å². The Morgan fingerprint density at radius 1 is 1.21 bits per heavy atom. The van der Waals surface area contributed by atoms with Crippen molar-refractivity contribution < 1.29 is 9.72 Å². The summed E-state index contributed by atoms with van der Waals surface area (Å²) in [5.41, 5.74) is 2.59. The average molecular weight is 323 g/mol. The van der Waals surface area contributed by atoms with E-state index in [0.29, 0.717) is 18.5 Å². The van der Waals surface area contributed by atoms with Crippen LogP contribution in [0.2, 0.25) is 0 Å². The second-order valence-corrected chi connectivity index (χ2v) is 5.59. The van der Waals surface area contributed by atoms with Gasteiger partial charge in [-0.25, -0.2) is 0 Å². The van der Waals surface area contributed by atoms with Crippen molar-refractivity contribution in [3.63, 3.8) is 0 Å². The molecule has 0 atom stereocenters. The van der Waals surface area contributed by atoms with Crippen molar-refractivity contribution >= 4 is 22.5 Å². The fraction of sp³-hybridized carbons (Fsp3) is 0.167. The molecule has 0 saturated carbocycles. The summed E-state index contributed by atoms with van der Waals surface area (Å²) in [6, 6.07) is 12.7. The Morgan fingerprint density at radius 3 is 2.79 bits per heavy atom.